The second-order valence-corrected chi connectivity index (χ2v) is 33.3. The number of aliphatic imine (C=N–C) groups is 1. The predicted molar refractivity (Wildman–Crippen MR) is 304 cm³/mol. The van der Waals surface area contributed by atoms with E-state index < -0.39 is 18.1 Å². The molecule has 1 aromatic heterocycles. The fourth-order valence-electron chi connectivity index (χ4n) is 13.8. The van der Waals surface area contributed by atoms with Crippen molar-refractivity contribution in [1.82, 2.24) is 9.88 Å². The first-order chi connectivity index (χ1) is 34.0. The fourth-order valence-corrected chi connectivity index (χ4v) is 16.5. The number of aromatic nitrogens is 1. The molecular weight excluding hydrogens is 885 g/mol. The summed E-state index contributed by atoms with van der Waals surface area (Å²) >= 11 is 0. The smallest absolute Gasteiger partial charge is 0.0691 e. The first-order valence-corrected chi connectivity index (χ1v) is 33.0. The minimum atomic E-state index is -1.37. The number of benzene rings is 2. The van der Waals surface area contributed by atoms with Gasteiger partial charge in [-0.25, -0.2) is 10.0 Å². The van der Waals surface area contributed by atoms with Gasteiger partial charge in [0.2, 0.25) is 0 Å². The lowest BCUT2D eigenvalue weighted by Crippen LogP contribution is -2.54. The first kappa shape index (κ1) is 45.7. The standard InChI is InChI=1S/C64H72N4SSi/c1-69(2,3)53-29-25-49(26-30-53)67(51-37-47(39-65-41-51)57-19-11-15-43-13-7-9-17-55(43)57)61-35-23-45-22-34-60-62(36-24-46-21-33-59(61)63(45)64(46)60)68(50-27-31-54(32-28-50)70(4,5)6)52-38-48(40-66-42-52)58-20-12-16-44-14-8-10-18-56(44)58/h7-9,12-14,16-17,19-23,25-29,31,33-35,38-42,46,51,53-54,59,61-64H,10-11,15,18,24,30,32,36-37H2,1-6H3. The molecule has 0 N–H and O–H groups in total. The van der Waals surface area contributed by atoms with Gasteiger partial charge in [-0.15, -0.1) is 0 Å². The average molecular weight is 957 g/mol. The molecule has 9 unspecified atom stereocenters. The van der Waals surface area contributed by atoms with Gasteiger partial charge < -0.3 is 9.80 Å². The molecular formula is C64H72N4SSi. The molecule has 0 spiro atoms. The molecule has 358 valence electrons. The Kier molecular flexibility index (Phi) is 12.0. The average Bonchev–Trinajstić information content (AvgIpc) is 3.38. The summed E-state index contributed by atoms with van der Waals surface area (Å²) in [4.78, 5) is 15.7. The van der Waals surface area contributed by atoms with E-state index in [1.807, 2.05) is 0 Å². The summed E-state index contributed by atoms with van der Waals surface area (Å²) in [6.45, 7) is 7.57. The zero-order chi connectivity index (χ0) is 47.7. The summed E-state index contributed by atoms with van der Waals surface area (Å²) in [5, 5.41) is 0.596. The van der Waals surface area contributed by atoms with E-state index >= 15 is 0 Å². The number of nitrogens with zero attached hydrogens (tertiary/aromatic N) is 4. The van der Waals surface area contributed by atoms with Crippen molar-refractivity contribution in [3.63, 3.8) is 0 Å². The molecule has 9 aliphatic rings. The molecule has 0 saturated heterocycles. The van der Waals surface area contributed by atoms with Crippen LogP contribution in [0.1, 0.15) is 67.2 Å². The van der Waals surface area contributed by atoms with Crippen LogP contribution in [0.5, 0.6) is 0 Å². The van der Waals surface area contributed by atoms with Crippen LogP contribution in [0.3, 0.4) is 0 Å². The molecule has 70 heavy (non-hydrogen) atoms. The highest BCUT2D eigenvalue weighted by atomic mass is 32.3. The lowest BCUT2D eigenvalue weighted by Gasteiger charge is -2.55. The van der Waals surface area contributed by atoms with Gasteiger partial charge in [-0.3, -0.25) is 9.98 Å². The van der Waals surface area contributed by atoms with Gasteiger partial charge in [0.25, 0.3) is 0 Å². The van der Waals surface area contributed by atoms with Crippen LogP contribution in [0.4, 0.5) is 5.69 Å². The second kappa shape index (κ2) is 18.3. The third-order valence-corrected chi connectivity index (χ3v) is 22.4. The second-order valence-electron chi connectivity index (χ2n) is 23.4. The number of anilines is 1. The number of fused-ring (bicyclic) bond motifs is 2. The molecule has 2 aromatic carbocycles. The summed E-state index contributed by atoms with van der Waals surface area (Å²) in [6.07, 6.45) is 63.8. The number of hydrogen-bond acceptors (Lipinski definition) is 4. The summed E-state index contributed by atoms with van der Waals surface area (Å²) in [5.41, 5.74) is 18.6. The van der Waals surface area contributed by atoms with E-state index in [9.17, 15) is 0 Å². The summed E-state index contributed by atoms with van der Waals surface area (Å²) in [7, 11) is -2.10. The Labute approximate surface area is 421 Å². The molecule has 1 fully saturated rings. The van der Waals surface area contributed by atoms with E-state index in [4.69, 9.17) is 9.98 Å². The van der Waals surface area contributed by atoms with Crippen LogP contribution >= 0.6 is 10.0 Å². The molecule has 6 heteroatoms. The Morgan fingerprint density at radius 3 is 2.43 bits per heavy atom. The topological polar surface area (TPSA) is 31.7 Å². The molecule has 0 bridgehead atoms. The molecule has 1 saturated carbocycles. The Morgan fingerprint density at radius 1 is 0.743 bits per heavy atom. The monoisotopic (exact) mass is 957 g/mol. The number of hydrogen-bond donors (Lipinski definition) is 0. The Bertz CT molecular complexity index is 2970. The minimum Gasteiger partial charge on any atom is -0.356 e. The van der Waals surface area contributed by atoms with Crippen molar-refractivity contribution < 1.29 is 0 Å². The normalized spacial score (nSPS) is 29.6. The van der Waals surface area contributed by atoms with E-state index in [0.717, 1.165) is 51.4 Å². The van der Waals surface area contributed by atoms with Crippen LogP contribution in [-0.2, 0) is 12.8 Å². The molecule has 9 atom stereocenters. The molecule has 12 rings (SSSR count). The Hall–Kier alpha value is -5.43. The highest BCUT2D eigenvalue weighted by Crippen LogP contribution is 2.56. The number of aryl methyl sites for hydroxylation is 1. The van der Waals surface area contributed by atoms with Crippen molar-refractivity contribution in [1.29, 1.82) is 0 Å². The quantitative estimate of drug-likeness (QED) is 0.150. The van der Waals surface area contributed by atoms with E-state index in [2.05, 4.69) is 213 Å². The number of allylic oxidation sites excluding steroid dienone is 13. The highest BCUT2D eigenvalue weighted by molar-refractivity contribution is 8.32. The zero-order valence-corrected chi connectivity index (χ0v) is 44.2. The summed E-state index contributed by atoms with van der Waals surface area (Å²) < 4.78 is 0. The van der Waals surface area contributed by atoms with Crippen molar-refractivity contribution in [2.45, 2.75) is 106 Å². The van der Waals surface area contributed by atoms with E-state index in [1.165, 1.54) is 73.6 Å². The van der Waals surface area contributed by atoms with E-state index in [1.54, 1.807) is 5.57 Å². The Balaban J connectivity index is 0.906. The molecule has 2 heterocycles. The Morgan fingerprint density at radius 2 is 1.60 bits per heavy atom. The predicted octanol–water partition coefficient (Wildman–Crippen LogP) is 15.0. The maximum Gasteiger partial charge on any atom is 0.0691 e. The van der Waals surface area contributed by atoms with Gasteiger partial charge in [-0.05, 0) is 168 Å². The van der Waals surface area contributed by atoms with E-state index in [0.29, 0.717) is 34.5 Å². The van der Waals surface area contributed by atoms with Gasteiger partial charge in [-0.1, -0.05) is 141 Å². The van der Waals surface area contributed by atoms with Gasteiger partial charge >= 0.3 is 0 Å². The minimum absolute atomic E-state index is 0.139. The maximum absolute atomic E-state index is 5.13. The van der Waals surface area contributed by atoms with Crippen LogP contribution < -0.4 is 4.90 Å². The van der Waals surface area contributed by atoms with Crippen molar-refractivity contribution in [2.75, 3.05) is 23.7 Å². The lowest BCUT2D eigenvalue weighted by atomic mass is 9.55. The van der Waals surface area contributed by atoms with Crippen molar-refractivity contribution >= 4 is 41.7 Å². The molecule has 3 aromatic rings. The fraction of sp³-hybridized carbons (Fsp3) is 0.375. The highest BCUT2D eigenvalue weighted by Gasteiger charge is 2.51. The number of pyridine rings is 1. The largest absolute Gasteiger partial charge is 0.356 e. The van der Waals surface area contributed by atoms with Crippen molar-refractivity contribution in [3.05, 3.63) is 203 Å². The van der Waals surface area contributed by atoms with Crippen LogP contribution in [0.25, 0.3) is 22.8 Å². The molecule has 0 amide bonds. The molecule has 0 radical (unpaired) electrons. The third kappa shape index (κ3) is 8.35. The van der Waals surface area contributed by atoms with E-state index in [-0.39, 0.29) is 18.1 Å². The molecule has 8 aliphatic carbocycles. The lowest BCUT2D eigenvalue weighted by molar-refractivity contribution is 0.135. The first-order valence-electron chi connectivity index (χ1n) is 26.5. The SMILES string of the molecule is C[Si](C)(C)C1C=CC(N(c2cncc(-c3cccc4c3CCC=C4)c2)C2CCC3C=CC4C5C(=CC=C2C35)C=CC4N(C2=CCC(S(C)(C)C)C=C2)C2C=NC=C(C3=CCCc4ccccc43)C2)=CC1. The van der Waals surface area contributed by atoms with Crippen LogP contribution in [0.2, 0.25) is 25.2 Å². The van der Waals surface area contributed by atoms with Crippen LogP contribution in [-0.4, -0.2) is 66.3 Å². The molecule has 1 aliphatic heterocycles. The van der Waals surface area contributed by atoms with Crippen molar-refractivity contribution in [2.24, 2.45) is 28.7 Å². The van der Waals surface area contributed by atoms with Gasteiger partial charge in [0.15, 0.2) is 0 Å². The maximum atomic E-state index is 5.13. The van der Waals surface area contributed by atoms with Gasteiger partial charge in [0.1, 0.15) is 0 Å². The van der Waals surface area contributed by atoms with Crippen LogP contribution in [0.15, 0.2) is 185 Å². The summed E-state index contributed by atoms with van der Waals surface area (Å²) in [5.74, 6) is 1.69. The van der Waals surface area contributed by atoms with Gasteiger partial charge in [0.05, 0.1) is 38.1 Å². The van der Waals surface area contributed by atoms with Crippen molar-refractivity contribution in [3.8, 4) is 11.1 Å². The zero-order valence-electron chi connectivity index (χ0n) is 42.3. The third-order valence-electron chi connectivity index (χ3n) is 17.5. The molecule has 4 nitrogen and oxygen atoms in total. The summed E-state index contributed by atoms with van der Waals surface area (Å²) in [6, 6.07) is 18.9. The van der Waals surface area contributed by atoms with Crippen LogP contribution in [0, 0.1) is 23.7 Å². The van der Waals surface area contributed by atoms with Gasteiger partial charge in [-0.2, -0.15) is 0 Å². The van der Waals surface area contributed by atoms with Gasteiger partial charge in [0, 0.05) is 46.7 Å². The number of rotatable bonds is 10.